The third-order valence-corrected chi connectivity index (χ3v) is 5.61. The first kappa shape index (κ1) is 14.3. The van der Waals surface area contributed by atoms with Gasteiger partial charge >= 0.3 is 0 Å². The van der Waals surface area contributed by atoms with E-state index < -0.39 is 15.8 Å². The van der Waals surface area contributed by atoms with Gasteiger partial charge in [-0.05, 0) is 37.8 Å². The molecule has 0 unspecified atom stereocenters. The van der Waals surface area contributed by atoms with E-state index in [0.717, 1.165) is 25.3 Å². The lowest BCUT2D eigenvalue weighted by molar-refractivity contribution is 0.263. The molecule has 1 saturated carbocycles. The molecule has 0 amide bonds. The van der Waals surface area contributed by atoms with Crippen molar-refractivity contribution >= 4 is 15.7 Å². The number of hydrogen-bond acceptors (Lipinski definition) is 3. The van der Waals surface area contributed by atoms with Gasteiger partial charge in [0.15, 0.2) is 0 Å². The van der Waals surface area contributed by atoms with E-state index in [1.807, 2.05) is 0 Å². The SMILES string of the molecule is Cc1c(N)cc(S(=O)(=O)N(C)CC2CCC2)cc1F. The van der Waals surface area contributed by atoms with Crippen LogP contribution in [0.25, 0.3) is 0 Å². The first-order valence-electron chi connectivity index (χ1n) is 6.34. The summed E-state index contributed by atoms with van der Waals surface area (Å²) in [6.45, 7) is 2.01. The van der Waals surface area contributed by atoms with Gasteiger partial charge in [-0.15, -0.1) is 0 Å². The molecule has 0 atom stereocenters. The van der Waals surface area contributed by atoms with E-state index >= 15 is 0 Å². The zero-order valence-electron chi connectivity index (χ0n) is 11.2. The Balaban J connectivity index is 2.27. The number of nitrogen functional groups attached to an aromatic ring is 1. The van der Waals surface area contributed by atoms with Gasteiger partial charge < -0.3 is 5.73 Å². The highest BCUT2D eigenvalue weighted by Crippen LogP contribution is 2.29. The molecule has 6 heteroatoms. The lowest BCUT2D eigenvalue weighted by Crippen LogP contribution is -2.34. The maximum atomic E-state index is 13.6. The molecule has 0 aliphatic heterocycles. The molecule has 1 fully saturated rings. The predicted octanol–water partition coefficient (Wildman–Crippen LogP) is 2.14. The smallest absolute Gasteiger partial charge is 0.243 e. The van der Waals surface area contributed by atoms with Gasteiger partial charge in [-0.3, -0.25) is 0 Å². The minimum atomic E-state index is -3.66. The summed E-state index contributed by atoms with van der Waals surface area (Å²) in [5.74, 6) is -0.164. The average Bonchev–Trinajstić information content (AvgIpc) is 2.29. The molecule has 0 saturated heterocycles. The van der Waals surface area contributed by atoms with Gasteiger partial charge in [0.1, 0.15) is 5.82 Å². The summed E-state index contributed by atoms with van der Waals surface area (Å²) >= 11 is 0. The van der Waals surface area contributed by atoms with Crippen molar-refractivity contribution in [3.8, 4) is 0 Å². The molecular formula is C13H19FN2O2S. The number of rotatable bonds is 4. The Kier molecular flexibility index (Phi) is 3.82. The molecular weight excluding hydrogens is 267 g/mol. The van der Waals surface area contributed by atoms with E-state index in [4.69, 9.17) is 5.73 Å². The molecule has 2 N–H and O–H groups in total. The zero-order valence-corrected chi connectivity index (χ0v) is 12.0. The Hall–Kier alpha value is -1.14. The van der Waals surface area contributed by atoms with Crippen LogP contribution in [0.1, 0.15) is 24.8 Å². The fourth-order valence-corrected chi connectivity index (χ4v) is 3.44. The van der Waals surface area contributed by atoms with Crippen molar-refractivity contribution in [1.29, 1.82) is 0 Å². The molecule has 4 nitrogen and oxygen atoms in total. The maximum Gasteiger partial charge on any atom is 0.243 e. The standard InChI is InChI=1S/C13H19FN2O2S/c1-9-12(14)6-11(7-13(9)15)19(17,18)16(2)8-10-4-3-5-10/h6-7,10H,3-5,8,15H2,1-2H3. The van der Waals surface area contributed by atoms with E-state index in [9.17, 15) is 12.8 Å². The maximum absolute atomic E-state index is 13.6. The molecule has 19 heavy (non-hydrogen) atoms. The highest BCUT2D eigenvalue weighted by atomic mass is 32.2. The summed E-state index contributed by atoms with van der Waals surface area (Å²) in [5, 5.41) is 0. The molecule has 0 aromatic heterocycles. The lowest BCUT2D eigenvalue weighted by atomic mass is 9.86. The normalized spacial score (nSPS) is 16.6. The number of anilines is 1. The Morgan fingerprint density at radius 2 is 2.05 bits per heavy atom. The van der Waals surface area contributed by atoms with Crippen molar-refractivity contribution in [3.63, 3.8) is 0 Å². The monoisotopic (exact) mass is 286 g/mol. The van der Waals surface area contributed by atoms with Crippen molar-refractivity contribution < 1.29 is 12.8 Å². The van der Waals surface area contributed by atoms with Crippen LogP contribution in [0.15, 0.2) is 17.0 Å². The van der Waals surface area contributed by atoms with Crippen molar-refractivity contribution in [1.82, 2.24) is 4.31 Å². The Labute approximate surface area is 113 Å². The van der Waals surface area contributed by atoms with E-state index in [0.29, 0.717) is 12.5 Å². The average molecular weight is 286 g/mol. The van der Waals surface area contributed by atoms with Crippen molar-refractivity contribution in [2.75, 3.05) is 19.3 Å². The largest absolute Gasteiger partial charge is 0.398 e. The first-order chi connectivity index (χ1) is 8.82. The summed E-state index contributed by atoms with van der Waals surface area (Å²) in [4.78, 5) is -0.0741. The minimum absolute atomic E-state index is 0.0741. The van der Waals surface area contributed by atoms with Gasteiger partial charge in [0.2, 0.25) is 10.0 Å². The summed E-state index contributed by atoms with van der Waals surface area (Å²) in [7, 11) is -2.13. The van der Waals surface area contributed by atoms with Gasteiger partial charge in [0.25, 0.3) is 0 Å². The van der Waals surface area contributed by atoms with E-state index in [2.05, 4.69) is 0 Å². The Morgan fingerprint density at radius 3 is 2.53 bits per heavy atom. The third-order valence-electron chi connectivity index (χ3n) is 3.81. The van der Waals surface area contributed by atoms with Gasteiger partial charge in [0.05, 0.1) is 4.90 Å². The topological polar surface area (TPSA) is 63.4 Å². The molecule has 0 bridgehead atoms. The minimum Gasteiger partial charge on any atom is -0.398 e. The molecule has 0 heterocycles. The molecule has 106 valence electrons. The van der Waals surface area contributed by atoms with E-state index in [1.165, 1.54) is 24.3 Å². The summed E-state index contributed by atoms with van der Waals surface area (Å²) in [5.41, 5.74) is 6.07. The Bertz CT molecular complexity index is 559. The van der Waals surface area contributed by atoms with Crippen LogP contribution in [-0.4, -0.2) is 26.3 Å². The Morgan fingerprint density at radius 1 is 1.42 bits per heavy atom. The molecule has 0 radical (unpaired) electrons. The van der Waals surface area contributed by atoms with Crippen molar-refractivity contribution in [2.24, 2.45) is 5.92 Å². The van der Waals surface area contributed by atoms with Gasteiger partial charge in [-0.1, -0.05) is 6.42 Å². The number of nitrogens with zero attached hydrogens (tertiary/aromatic N) is 1. The zero-order chi connectivity index (χ0) is 14.2. The van der Waals surface area contributed by atoms with Crippen LogP contribution >= 0.6 is 0 Å². The molecule has 0 spiro atoms. The highest BCUT2D eigenvalue weighted by molar-refractivity contribution is 7.89. The second kappa shape index (κ2) is 5.09. The van der Waals surface area contributed by atoms with Crippen LogP contribution in [0.4, 0.5) is 10.1 Å². The fourth-order valence-electron chi connectivity index (χ4n) is 2.14. The summed E-state index contributed by atoms with van der Waals surface area (Å²) in [6.07, 6.45) is 3.28. The fraction of sp³-hybridized carbons (Fsp3) is 0.538. The molecule has 1 aromatic carbocycles. The summed E-state index contributed by atoms with van der Waals surface area (Å²) < 4.78 is 39.6. The molecule has 1 aromatic rings. The van der Waals surface area contributed by atoms with Crippen molar-refractivity contribution in [2.45, 2.75) is 31.1 Å². The van der Waals surface area contributed by atoms with Gasteiger partial charge in [-0.25, -0.2) is 17.1 Å². The van der Waals surface area contributed by atoms with Crippen molar-refractivity contribution in [3.05, 3.63) is 23.5 Å². The number of nitrogens with two attached hydrogens (primary N) is 1. The quantitative estimate of drug-likeness (QED) is 0.862. The second-order valence-corrected chi connectivity index (χ2v) is 7.25. The summed E-state index contributed by atoms with van der Waals surface area (Å²) in [6, 6.07) is 2.36. The van der Waals surface area contributed by atoms with Crippen LogP contribution in [0.2, 0.25) is 0 Å². The van der Waals surface area contributed by atoms with Gasteiger partial charge in [-0.2, -0.15) is 0 Å². The van der Waals surface area contributed by atoms with Crippen LogP contribution in [0.5, 0.6) is 0 Å². The van der Waals surface area contributed by atoms with E-state index in [-0.39, 0.29) is 16.1 Å². The van der Waals surface area contributed by atoms with Crippen LogP contribution in [0.3, 0.4) is 0 Å². The first-order valence-corrected chi connectivity index (χ1v) is 7.78. The molecule has 1 aliphatic carbocycles. The predicted molar refractivity (Wildman–Crippen MR) is 72.7 cm³/mol. The molecule has 2 rings (SSSR count). The number of hydrogen-bond donors (Lipinski definition) is 1. The van der Waals surface area contributed by atoms with Crippen LogP contribution in [0, 0.1) is 18.7 Å². The lowest BCUT2D eigenvalue weighted by Gasteiger charge is -2.29. The van der Waals surface area contributed by atoms with Gasteiger partial charge in [0, 0.05) is 24.8 Å². The van der Waals surface area contributed by atoms with E-state index in [1.54, 1.807) is 0 Å². The number of benzene rings is 1. The number of halogens is 1. The molecule has 1 aliphatic rings. The highest BCUT2D eigenvalue weighted by Gasteiger charge is 2.27. The van der Waals surface area contributed by atoms with Crippen LogP contribution < -0.4 is 5.73 Å². The number of sulfonamides is 1. The second-order valence-electron chi connectivity index (χ2n) is 5.20. The van der Waals surface area contributed by atoms with Crippen LogP contribution in [-0.2, 0) is 10.0 Å². The third kappa shape index (κ3) is 2.74.